The first-order valence-corrected chi connectivity index (χ1v) is 8.99. The Morgan fingerprint density at radius 3 is 2.42 bits per heavy atom. The molecule has 0 aliphatic heterocycles. The van der Waals surface area contributed by atoms with Crippen LogP contribution in [0.25, 0.3) is 11.4 Å². The summed E-state index contributed by atoms with van der Waals surface area (Å²) in [4.78, 5) is 4.42. The van der Waals surface area contributed by atoms with Crippen molar-refractivity contribution in [3.8, 4) is 11.4 Å². The fourth-order valence-electron chi connectivity index (χ4n) is 2.08. The molecule has 1 atom stereocenters. The summed E-state index contributed by atoms with van der Waals surface area (Å²) < 4.78 is 32.3. The summed E-state index contributed by atoms with van der Waals surface area (Å²) in [6.07, 6.45) is 0. The van der Waals surface area contributed by atoms with Crippen LogP contribution in [0.3, 0.4) is 0 Å². The van der Waals surface area contributed by atoms with E-state index in [4.69, 9.17) is 16.1 Å². The van der Waals surface area contributed by atoms with Gasteiger partial charge in [0, 0.05) is 10.6 Å². The standard InChI is InChI=1S/C16H14ClN3O3S/c1-11(20-24(21,22)14-5-3-2-4-6-14)16-18-15(19-23-16)12-7-9-13(17)10-8-12/h2-11,20H,1H3/t11-/m1/s1. The van der Waals surface area contributed by atoms with Gasteiger partial charge in [0.25, 0.3) is 0 Å². The molecule has 0 bridgehead atoms. The highest BCUT2D eigenvalue weighted by atomic mass is 35.5. The minimum absolute atomic E-state index is 0.175. The van der Waals surface area contributed by atoms with Gasteiger partial charge in [0.1, 0.15) is 0 Å². The van der Waals surface area contributed by atoms with E-state index in [9.17, 15) is 8.42 Å². The van der Waals surface area contributed by atoms with Gasteiger partial charge in [-0.15, -0.1) is 0 Å². The second-order valence-electron chi connectivity index (χ2n) is 5.12. The molecular weight excluding hydrogens is 350 g/mol. The summed E-state index contributed by atoms with van der Waals surface area (Å²) in [6.45, 7) is 1.64. The van der Waals surface area contributed by atoms with E-state index in [0.29, 0.717) is 10.8 Å². The van der Waals surface area contributed by atoms with E-state index in [1.807, 2.05) is 0 Å². The number of nitrogens with one attached hydrogen (secondary N) is 1. The van der Waals surface area contributed by atoms with E-state index in [-0.39, 0.29) is 10.8 Å². The number of sulfonamides is 1. The number of hydrogen-bond donors (Lipinski definition) is 1. The summed E-state index contributed by atoms with van der Waals surface area (Å²) in [5.41, 5.74) is 0.729. The van der Waals surface area contributed by atoms with Crippen LogP contribution >= 0.6 is 11.6 Å². The van der Waals surface area contributed by atoms with E-state index < -0.39 is 16.1 Å². The Bertz CT molecular complexity index is 925. The van der Waals surface area contributed by atoms with Gasteiger partial charge in [-0.2, -0.15) is 9.71 Å². The van der Waals surface area contributed by atoms with Crippen molar-refractivity contribution in [2.75, 3.05) is 0 Å². The topological polar surface area (TPSA) is 85.1 Å². The zero-order valence-electron chi connectivity index (χ0n) is 12.7. The SMILES string of the molecule is C[C@@H](NS(=O)(=O)c1ccccc1)c1nc(-c2ccc(Cl)cc2)no1. The van der Waals surface area contributed by atoms with Crippen molar-refractivity contribution in [3.63, 3.8) is 0 Å². The minimum atomic E-state index is -3.66. The van der Waals surface area contributed by atoms with Gasteiger partial charge in [0.05, 0.1) is 10.9 Å². The lowest BCUT2D eigenvalue weighted by atomic mass is 10.2. The van der Waals surface area contributed by atoms with Gasteiger partial charge in [0.2, 0.25) is 21.7 Å². The second-order valence-corrected chi connectivity index (χ2v) is 7.27. The molecule has 8 heteroatoms. The van der Waals surface area contributed by atoms with Crippen LogP contribution in [0.15, 0.2) is 64.0 Å². The van der Waals surface area contributed by atoms with E-state index in [0.717, 1.165) is 5.56 Å². The predicted octanol–water partition coefficient (Wildman–Crippen LogP) is 3.43. The molecule has 3 aromatic rings. The maximum absolute atomic E-state index is 12.3. The molecule has 0 spiro atoms. The molecule has 6 nitrogen and oxygen atoms in total. The molecule has 0 unspecified atom stereocenters. The van der Waals surface area contributed by atoms with Gasteiger partial charge in [-0.25, -0.2) is 8.42 Å². The van der Waals surface area contributed by atoms with Crippen LogP contribution in [0.5, 0.6) is 0 Å². The van der Waals surface area contributed by atoms with Crippen LogP contribution in [0.2, 0.25) is 5.02 Å². The van der Waals surface area contributed by atoms with Gasteiger partial charge in [0.15, 0.2) is 0 Å². The Balaban J connectivity index is 1.79. The van der Waals surface area contributed by atoms with Gasteiger partial charge in [-0.3, -0.25) is 0 Å². The molecule has 3 rings (SSSR count). The fraction of sp³-hybridized carbons (Fsp3) is 0.125. The first-order chi connectivity index (χ1) is 11.5. The molecule has 0 radical (unpaired) electrons. The van der Waals surface area contributed by atoms with Crippen molar-refractivity contribution >= 4 is 21.6 Å². The summed E-state index contributed by atoms with van der Waals surface area (Å²) in [5, 5.41) is 4.48. The van der Waals surface area contributed by atoms with Crippen LogP contribution in [0.1, 0.15) is 18.9 Å². The summed E-state index contributed by atoms with van der Waals surface area (Å²) in [6, 6.07) is 14.4. The smallest absolute Gasteiger partial charge is 0.244 e. The Morgan fingerprint density at radius 2 is 1.75 bits per heavy atom. The molecule has 0 aliphatic carbocycles. The highest BCUT2D eigenvalue weighted by Crippen LogP contribution is 2.21. The van der Waals surface area contributed by atoms with Crippen molar-refractivity contribution in [3.05, 3.63) is 65.5 Å². The van der Waals surface area contributed by atoms with Crippen molar-refractivity contribution in [2.45, 2.75) is 17.9 Å². The van der Waals surface area contributed by atoms with Gasteiger partial charge < -0.3 is 4.52 Å². The third-order valence-corrected chi connectivity index (χ3v) is 5.11. The molecule has 1 N–H and O–H groups in total. The molecule has 0 amide bonds. The van der Waals surface area contributed by atoms with Crippen molar-refractivity contribution in [1.29, 1.82) is 0 Å². The van der Waals surface area contributed by atoms with Crippen molar-refractivity contribution in [2.24, 2.45) is 0 Å². The van der Waals surface area contributed by atoms with Crippen molar-refractivity contribution < 1.29 is 12.9 Å². The van der Waals surface area contributed by atoms with E-state index >= 15 is 0 Å². The lowest BCUT2D eigenvalue weighted by Gasteiger charge is -2.10. The molecular formula is C16H14ClN3O3S. The average molecular weight is 364 g/mol. The largest absolute Gasteiger partial charge is 0.337 e. The average Bonchev–Trinajstić information content (AvgIpc) is 3.06. The number of halogens is 1. The molecule has 124 valence electrons. The van der Waals surface area contributed by atoms with E-state index in [1.54, 1.807) is 49.4 Å². The van der Waals surface area contributed by atoms with Crippen molar-refractivity contribution in [1.82, 2.24) is 14.9 Å². The van der Waals surface area contributed by atoms with E-state index in [1.165, 1.54) is 12.1 Å². The highest BCUT2D eigenvalue weighted by molar-refractivity contribution is 7.89. The first-order valence-electron chi connectivity index (χ1n) is 7.12. The van der Waals surface area contributed by atoms with Gasteiger partial charge in [-0.1, -0.05) is 35.0 Å². The number of rotatable bonds is 5. The third-order valence-electron chi connectivity index (χ3n) is 3.30. The van der Waals surface area contributed by atoms with Crippen LogP contribution in [-0.4, -0.2) is 18.6 Å². The predicted molar refractivity (Wildman–Crippen MR) is 89.9 cm³/mol. The molecule has 0 saturated heterocycles. The van der Waals surface area contributed by atoms with Crippen LogP contribution in [0.4, 0.5) is 0 Å². The molecule has 0 saturated carbocycles. The Labute approximate surface area is 144 Å². The molecule has 1 aromatic heterocycles. The lowest BCUT2D eigenvalue weighted by Crippen LogP contribution is -2.27. The molecule has 0 aliphatic rings. The van der Waals surface area contributed by atoms with Crippen LogP contribution in [0, 0.1) is 0 Å². The van der Waals surface area contributed by atoms with Gasteiger partial charge in [-0.05, 0) is 43.3 Å². The zero-order chi connectivity index (χ0) is 17.2. The molecule has 2 aromatic carbocycles. The number of aromatic nitrogens is 2. The molecule has 1 heterocycles. The minimum Gasteiger partial charge on any atom is -0.337 e. The van der Waals surface area contributed by atoms with E-state index in [2.05, 4.69) is 14.9 Å². The Morgan fingerprint density at radius 1 is 1.08 bits per heavy atom. The number of hydrogen-bond acceptors (Lipinski definition) is 5. The third kappa shape index (κ3) is 3.64. The zero-order valence-corrected chi connectivity index (χ0v) is 14.3. The Hall–Kier alpha value is -2.22. The summed E-state index contributed by atoms with van der Waals surface area (Å²) >= 11 is 5.84. The Kier molecular flexibility index (Phi) is 4.66. The highest BCUT2D eigenvalue weighted by Gasteiger charge is 2.22. The summed E-state index contributed by atoms with van der Waals surface area (Å²) in [7, 11) is -3.66. The maximum atomic E-state index is 12.3. The monoisotopic (exact) mass is 363 g/mol. The second kappa shape index (κ2) is 6.72. The first kappa shape index (κ1) is 16.6. The normalized spacial score (nSPS) is 12.9. The number of nitrogens with zero attached hydrogens (tertiary/aromatic N) is 2. The lowest BCUT2D eigenvalue weighted by molar-refractivity contribution is 0.354. The quantitative estimate of drug-likeness (QED) is 0.750. The van der Waals surface area contributed by atoms with Gasteiger partial charge >= 0.3 is 0 Å². The fourth-order valence-corrected chi connectivity index (χ4v) is 3.42. The van der Waals surface area contributed by atoms with Crippen LogP contribution in [-0.2, 0) is 10.0 Å². The maximum Gasteiger partial charge on any atom is 0.244 e. The molecule has 24 heavy (non-hydrogen) atoms. The van der Waals surface area contributed by atoms with Crippen LogP contribution < -0.4 is 4.72 Å². The summed E-state index contributed by atoms with van der Waals surface area (Å²) in [5.74, 6) is 0.548. The molecule has 0 fully saturated rings. The number of benzene rings is 2.